The number of carbonyl (C=O) groups excluding carboxylic acids is 1. The van der Waals surface area contributed by atoms with Crippen LogP contribution in [0.3, 0.4) is 0 Å². The second-order valence-electron chi connectivity index (χ2n) is 17.5. The van der Waals surface area contributed by atoms with Gasteiger partial charge >= 0.3 is 14.5 Å². The Balaban J connectivity index is 4.45. The number of aliphatic hydroxyl groups is 1. The number of rotatable bonds is 48. The molecule has 0 bridgehead atoms. The SMILES string of the molecule is CCCCCCCCOC(CCCCCCC)O[Si](C)(C)OCCCCCCN(CCCCO)CCCCCCOC(=O)C(CCCCCCCC)SCCCCC. The highest BCUT2D eigenvalue weighted by Gasteiger charge is 2.29. The number of nitrogens with zero attached hydrogens (tertiary/aromatic N) is 1. The first-order chi connectivity index (χ1) is 28.3. The molecule has 0 aliphatic carbocycles. The van der Waals surface area contributed by atoms with Crippen LogP contribution < -0.4 is 0 Å². The third-order valence-electron chi connectivity index (χ3n) is 11.2. The highest BCUT2D eigenvalue weighted by atomic mass is 32.2. The summed E-state index contributed by atoms with van der Waals surface area (Å²) >= 11 is 1.83. The Labute approximate surface area is 367 Å². The number of hydrogen-bond donors (Lipinski definition) is 1. The Kier molecular flexibility index (Phi) is 44.8. The molecular formula is C49H101NO6SSi. The molecule has 0 amide bonds. The third-order valence-corrected chi connectivity index (χ3v) is 14.3. The summed E-state index contributed by atoms with van der Waals surface area (Å²) in [5.74, 6) is 1.09. The quantitative estimate of drug-likeness (QED) is 0.0281. The van der Waals surface area contributed by atoms with Crippen LogP contribution in [0.2, 0.25) is 13.1 Å². The van der Waals surface area contributed by atoms with Gasteiger partial charge in [-0.1, -0.05) is 163 Å². The van der Waals surface area contributed by atoms with E-state index in [1.807, 2.05) is 11.8 Å². The maximum Gasteiger partial charge on any atom is 0.333 e. The van der Waals surface area contributed by atoms with Crippen LogP contribution in [0.25, 0.3) is 0 Å². The van der Waals surface area contributed by atoms with Crippen LogP contribution in [0.1, 0.15) is 233 Å². The molecule has 9 heteroatoms. The molecule has 0 aliphatic rings. The number of aliphatic hydroxyl groups excluding tert-OH is 1. The highest BCUT2D eigenvalue weighted by molar-refractivity contribution is 8.00. The van der Waals surface area contributed by atoms with E-state index in [-0.39, 0.29) is 24.1 Å². The molecule has 0 aromatic rings. The Bertz CT molecular complexity index is 839. The van der Waals surface area contributed by atoms with Gasteiger partial charge in [0.05, 0.1) is 6.61 Å². The molecule has 0 aromatic carbocycles. The topological polar surface area (TPSA) is 77.5 Å². The number of carbonyl (C=O) groups is 1. The summed E-state index contributed by atoms with van der Waals surface area (Å²) in [6.07, 6.45) is 38.0. The van der Waals surface area contributed by atoms with Crippen molar-refractivity contribution in [3.63, 3.8) is 0 Å². The summed E-state index contributed by atoms with van der Waals surface area (Å²) in [4.78, 5) is 15.6. The fourth-order valence-corrected chi connectivity index (χ4v) is 10.2. The molecule has 0 saturated carbocycles. The molecule has 2 unspecified atom stereocenters. The summed E-state index contributed by atoms with van der Waals surface area (Å²) in [5, 5.41) is 9.38. The van der Waals surface area contributed by atoms with Gasteiger partial charge in [0.25, 0.3) is 0 Å². The average Bonchev–Trinajstić information content (AvgIpc) is 3.21. The zero-order chi connectivity index (χ0) is 42.6. The maximum absolute atomic E-state index is 13.0. The first kappa shape index (κ1) is 57.8. The smallest absolute Gasteiger partial charge is 0.333 e. The molecule has 348 valence electrons. The molecule has 0 saturated heterocycles. The summed E-state index contributed by atoms with van der Waals surface area (Å²) in [5.41, 5.74) is 0. The molecule has 0 fully saturated rings. The van der Waals surface area contributed by atoms with E-state index in [0.717, 1.165) is 103 Å². The van der Waals surface area contributed by atoms with E-state index < -0.39 is 8.56 Å². The van der Waals surface area contributed by atoms with Gasteiger partial charge in [-0.15, -0.1) is 11.8 Å². The number of thioether (sulfide) groups is 1. The predicted octanol–water partition coefficient (Wildman–Crippen LogP) is 14.6. The fourth-order valence-electron chi connectivity index (χ4n) is 7.44. The summed E-state index contributed by atoms with van der Waals surface area (Å²) in [7, 11) is -2.27. The van der Waals surface area contributed by atoms with Gasteiger partial charge in [0, 0.05) is 19.8 Å². The van der Waals surface area contributed by atoms with Crippen molar-refractivity contribution in [2.45, 2.75) is 258 Å². The van der Waals surface area contributed by atoms with Crippen LogP contribution >= 0.6 is 11.8 Å². The predicted molar refractivity (Wildman–Crippen MR) is 255 cm³/mol. The molecule has 7 nitrogen and oxygen atoms in total. The lowest BCUT2D eigenvalue weighted by molar-refractivity contribution is -0.143. The third kappa shape index (κ3) is 39.9. The zero-order valence-electron chi connectivity index (χ0n) is 39.8. The molecule has 0 rings (SSSR count). The second kappa shape index (κ2) is 44.9. The Morgan fingerprint density at radius 1 is 0.534 bits per heavy atom. The van der Waals surface area contributed by atoms with Gasteiger partial charge in [0.15, 0.2) is 0 Å². The van der Waals surface area contributed by atoms with Gasteiger partial charge in [-0.2, -0.15) is 0 Å². The van der Waals surface area contributed by atoms with Crippen molar-refractivity contribution >= 4 is 26.3 Å². The van der Waals surface area contributed by atoms with Gasteiger partial charge in [-0.25, -0.2) is 0 Å². The van der Waals surface area contributed by atoms with Crippen molar-refractivity contribution < 1.29 is 28.2 Å². The Morgan fingerprint density at radius 2 is 0.983 bits per heavy atom. The molecule has 0 spiro atoms. The van der Waals surface area contributed by atoms with Crippen LogP contribution in [0.4, 0.5) is 0 Å². The number of esters is 1. The van der Waals surface area contributed by atoms with E-state index in [2.05, 4.69) is 45.7 Å². The monoisotopic (exact) mass is 860 g/mol. The van der Waals surface area contributed by atoms with Crippen molar-refractivity contribution in [1.29, 1.82) is 0 Å². The van der Waals surface area contributed by atoms with Crippen LogP contribution in [-0.2, 0) is 23.1 Å². The lowest BCUT2D eigenvalue weighted by Crippen LogP contribution is -2.40. The minimum atomic E-state index is -2.27. The van der Waals surface area contributed by atoms with E-state index in [0.29, 0.717) is 6.61 Å². The van der Waals surface area contributed by atoms with E-state index in [1.165, 1.54) is 141 Å². The number of ether oxygens (including phenoxy) is 2. The Hall–Kier alpha value is -0.163. The summed E-state index contributed by atoms with van der Waals surface area (Å²) in [6.45, 7) is 19.1. The largest absolute Gasteiger partial charge is 0.465 e. The molecule has 1 N–H and O–H groups in total. The van der Waals surface area contributed by atoms with Gasteiger partial charge < -0.3 is 28.3 Å². The Morgan fingerprint density at radius 3 is 1.55 bits per heavy atom. The van der Waals surface area contributed by atoms with Gasteiger partial charge in [0.2, 0.25) is 0 Å². The molecule has 0 aliphatic heterocycles. The summed E-state index contributed by atoms with van der Waals surface area (Å²) in [6, 6.07) is 0. The summed E-state index contributed by atoms with van der Waals surface area (Å²) < 4.78 is 25.1. The molecule has 58 heavy (non-hydrogen) atoms. The van der Waals surface area contributed by atoms with Crippen molar-refractivity contribution in [3.8, 4) is 0 Å². The van der Waals surface area contributed by atoms with Crippen molar-refractivity contribution in [2.75, 3.05) is 51.8 Å². The molecule has 0 radical (unpaired) electrons. The number of hydrogen-bond acceptors (Lipinski definition) is 8. The minimum Gasteiger partial charge on any atom is -0.465 e. The van der Waals surface area contributed by atoms with Crippen molar-refractivity contribution in [3.05, 3.63) is 0 Å². The highest BCUT2D eigenvalue weighted by Crippen LogP contribution is 2.23. The van der Waals surface area contributed by atoms with Gasteiger partial charge in [-0.05, 0) is 109 Å². The van der Waals surface area contributed by atoms with E-state index in [1.54, 1.807) is 0 Å². The minimum absolute atomic E-state index is 0.0118. The average molecular weight is 861 g/mol. The molecular weight excluding hydrogens is 759 g/mol. The van der Waals surface area contributed by atoms with E-state index in [4.69, 9.17) is 18.3 Å². The van der Waals surface area contributed by atoms with Gasteiger partial charge in [0.1, 0.15) is 11.5 Å². The van der Waals surface area contributed by atoms with Gasteiger partial charge in [-0.3, -0.25) is 4.79 Å². The fraction of sp³-hybridized carbons (Fsp3) is 0.980. The van der Waals surface area contributed by atoms with Crippen molar-refractivity contribution in [1.82, 2.24) is 4.90 Å². The standard InChI is InChI=1S/C49H101NO6SSi/c1-7-11-15-18-21-27-37-47(57-46-36-14-10-4)49(52)54-44-34-25-22-29-39-50(41-31-32-42-51)40-30-23-26-35-45-55-58(5,6)56-48(38-28-20-17-13-9-3)53-43-33-24-19-16-12-8-2/h47-48,51H,7-46H2,1-6H3. The van der Waals surface area contributed by atoms with Crippen molar-refractivity contribution in [2.24, 2.45) is 0 Å². The molecule has 2 atom stereocenters. The zero-order valence-corrected chi connectivity index (χ0v) is 41.6. The van der Waals surface area contributed by atoms with Crippen LogP contribution in [0.15, 0.2) is 0 Å². The van der Waals surface area contributed by atoms with Crippen LogP contribution in [0, 0.1) is 0 Å². The lowest BCUT2D eigenvalue weighted by atomic mass is 10.1. The van der Waals surface area contributed by atoms with E-state index in [9.17, 15) is 9.90 Å². The van der Waals surface area contributed by atoms with E-state index >= 15 is 0 Å². The second-order valence-corrected chi connectivity index (χ2v) is 22.2. The molecule has 0 heterocycles. The molecule has 0 aromatic heterocycles. The normalized spacial score (nSPS) is 13.1. The lowest BCUT2D eigenvalue weighted by Gasteiger charge is -2.29. The van der Waals surface area contributed by atoms with Crippen LogP contribution in [-0.4, -0.2) is 87.9 Å². The first-order valence-corrected chi connectivity index (χ1v) is 29.2. The number of unbranched alkanes of at least 4 members (excludes halogenated alkanes) is 23. The first-order valence-electron chi connectivity index (χ1n) is 25.4. The van der Waals surface area contributed by atoms with Crippen LogP contribution in [0.5, 0.6) is 0 Å². The maximum atomic E-state index is 13.0.